The van der Waals surface area contributed by atoms with Crippen LogP contribution in [0.4, 0.5) is 5.69 Å². The highest BCUT2D eigenvalue weighted by Crippen LogP contribution is 2.42. The van der Waals surface area contributed by atoms with E-state index in [1.807, 2.05) is 32.0 Å². The summed E-state index contributed by atoms with van der Waals surface area (Å²) in [6, 6.07) is 7.10. The number of nitrogens with one attached hydrogen (secondary N) is 1. The monoisotopic (exact) mass is 466 g/mol. The number of nitrogens with zero attached hydrogens (tertiary/aromatic N) is 1. The summed E-state index contributed by atoms with van der Waals surface area (Å²) in [5, 5.41) is 2.88. The van der Waals surface area contributed by atoms with Crippen LogP contribution >= 0.6 is 0 Å². The van der Waals surface area contributed by atoms with Gasteiger partial charge in [0, 0.05) is 27.0 Å². The number of para-hydroxylation sites is 1. The fourth-order valence-corrected chi connectivity index (χ4v) is 8.76. The maximum absolute atomic E-state index is 11.9. The van der Waals surface area contributed by atoms with Gasteiger partial charge in [0.1, 0.15) is 5.22 Å². The molecule has 1 fully saturated rings. The van der Waals surface area contributed by atoms with Crippen LogP contribution in [-0.4, -0.2) is 65.6 Å². The van der Waals surface area contributed by atoms with Crippen LogP contribution in [0, 0.1) is 13.8 Å². The molecule has 7 heteroatoms. The molecule has 2 rings (SSSR count). The molecule has 1 amide bonds. The molecule has 0 saturated carbocycles. The van der Waals surface area contributed by atoms with Gasteiger partial charge in [-0.25, -0.2) is 0 Å². The van der Waals surface area contributed by atoms with Crippen molar-refractivity contribution in [1.82, 2.24) is 4.90 Å². The number of carbonyl (C=O) groups excluding carboxylic acids is 1. The van der Waals surface area contributed by atoms with Gasteiger partial charge in [-0.15, -0.1) is 0 Å². The van der Waals surface area contributed by atoms with Crippen molar-refractivity contribution in [3.63, 3.8) is 0 Å². The Morgan fingerprint density at radius 2 is 1.66 bits per heavy atom. The van der Waals surface area contributed by atoms with E-state index < -0.39 is 8.56 Å². The first-order valence-corrected chi connectivity index (χ1v) is 14.0. The Kier molecular flexibility index (Phi) is 12.7. The number of benzene rings is 1. The lowest BCUT2D eigenvalue weighted by atomic mass is 10.1. The third-order valence-electron chi connectivity index (χ3n) is 6.74. The third-order valence-corrected chi connectivity index (χ3v) is 11.2. The van der Waals surface area contributed by atoms with Crippen molar-refractivity contribution in [3.8, 4) is 0 Å². The molecule has 1 unspecified atom stereocenters. The highest BCUT2D eigenvalue weighted by molar-refractivity contribution is 6.70. The molecule has 0 radical (unpaired) electrons. The second-order valence-corrected chi connectivity index (χ2v) is 12.3. The number of amides is 1. The minimum absolute atomic E-state index is 0.0612. The molecule has 184 valence electrons. The molecule has 0 aromatic heterocycles. The first-order valence-electron chi connectivity index (χ1n) is 12.0. The number of hydrogen-bond donors (Lipinski definition) is 1. The van der Waals surface area contributed by atoms with Gasteiger partial charge in [0.25, 0.3) is 0 Å². The molecular weight excluding hydrogens is 420 g/mol. The van der Waals surface area contributed by atoms with E-state index in [1.54, 1.807) is 21.3 Å². The zero-order chi connectivity index (χ0) is 24.2. The number of rotatable bonds is 10. The molecular formula is C25H46N2O4Si. The van der Waals surface area contributed by atoms with Crippen molar-refractivity contribution in [1.29, 1.82) is 0 Å². The zero-order valence-corrected chi connectivity index (χ0v) is 22.7. The molecule has 6 nitrogen and oxygen atoms in total. The SMILES string of the molecule is CCCC1(OC)CCCC[Si]1(OC)OC.CCN(CC)CC(=O)Nc1c(C)cccc1C. The Balaban J connectivity index is 0.000000323. The van der Waals surface area contributed by atoms with Crippen LogP contribution in [0.5, 0.6) is 0 Å². The van der Waals surface area contributed by atoms with Gasteiger partial charge in [0.2, 0.25) is 5.91 Å². The molecule has 1 aliphatic rings. The molecule has 1 aliphatic heterocycles. The summed E-state index contributed by atoms with van der Waals surface area (Å²) in [6.45, 7) is 12.6. The minimum Gasteiger partial charge on any atom is -0.396 e. The van der Waals surface area contributed by atoms with Gasteiger partial charge in [-0.1, -0.05) is 58.2 Å². The van der Waals surface area contributed by atoms with Crippen LogP contribution in [-0.2, 0) is 18.4 Å². The first kappa shape index (κ1) is 28.8. The van der Waals surface area contributed by atoms with Gasteiger partial charge in [-0.05, 0) is 56.9 Å². The molecule has 1 N–H and O–H groups in total. The van der Waals surface area contributed by atoms with E-state index in [9.17, 15) is 4.79 Å². The average Bonchev–Trinajstić information content (AvgIpc) is 2.81. The normalized spacial score (nSPS) is 19.9. The van der Waals surface area contributed by atoms with E-state index in [0.717, 1.165) is 55.2 Å². The number of ether oxygens (including phenoxy) is 1. The summed E-state index contributed by atoms with van der Waals surface area (Å²) in [5.74, 6) is 0.0612. The van der Waals surface area contributed by atoms with Crippen molar-refractivity contribution >= 4 is 20.2 Å². The van der Waals surface area contributed by atoms with Crippen molar-refractivity contribution in [3.05, 3.63) is 29.3 Å². The molecule has 0 spiro atoms. The minimum atomic E-state index is -2.15. The lowest BCUT2D eigenvalue weighted by Gasteiger charge is -2.47. The molecule has 1 heterocycles. The number of hydrogen-bond acceptors (Lipinski definition) is 5. The fraction of sp³-hybridized carbons (Fsp3) is 0.720. The van der Waals surface area contributed by atoms with E-state index in [0.29, 0.717) is 6.54 Å². The molecule has 1 atom stereocenters. The zero-order valence-electron chi connectivity index (χ0n) is 21.7. The maximum Gasteiger partial charge on any atom is 0.370 e. The number of methoxy groups -OCH3 is 1. The highest BCUT2D eigenvalue weighted by atomic mass is 28.4. The molecule has 1 aromatic carbocycles. The van der Waals surface area contributed by atoms with Crippen LogP contribution in [0.15, 0.2) is 18.2 Å². The van der Waals surface area contributed by atoms with Crippen LogP contribution in [0.3, 0.4) is 0 Å². The Morgan fingerprint density at radius 3 is 2.12 bits per heavy atom. The lowest BCUT2D eigenvalue weighted by Crippen LogP contribution is -2.64. The maximum atomic E-state index is 11.9. The van der Waals surface area contributed by atoms with Crippen molar-refractivity contribution < 1.29 is 18.4 Å². The van der Waals surface area contributed by atoms with Crippen LogP contribution in [0.2, 0.25) is 6.04 Å². The smallest absolute Gasteiger partial charge is 0.370 e. The fourth-order valence-electron chi connectivity index (χ4n) is 4.77. The van der Waals surface area contributed by atoms with E-state index in [-0.39, 0.29) is 11.1 Å². The summed E-state index contributed by atoms with van der Waals surface area (Å²) in [4.78, 5) is 14.0. The lowest BCUT2D eigenvalue weighted by molar-refractivity contribution is -0.117. The van der Waals surface area contributed by atoms with Crippen LogP contribution in [0.1, 0.15) is 64.0 Å². The van der Waals surface area contributed by atoms with Crippen molar-refractivity contribution in [2.24, 2.45) is 0 Å². The molecule has 1 saturated heterocycles. The average molecular weight is 467 g/mol. The van der Waals surface area contributed by atoms with Crippen molar-refractivity contribution in [2.75, 3.05) is 46.3 Å². The third kappa shape index (κ3) is 7.12. The molecule has 32 heavy (non-hydrogen) atoms. The van der Waals surface area contributed by atoms with E-state index in [2.05, 4.69) is 31.0 Å². The van der Waals surface area contributed by atoms with Crippen LogP contribution in [0.25, 0.3) is 0 Å². The highest BCUT2D eigenvalue weighted by Gasteiger charge is 2.58. The van der Waals surface area contributed by atoms with E-state index in [4.69, 9.17) is 13.6 Å². The Hall–Kier alpha value is -1.25. The molecule has 1 aromatic rings. The number of likely N-dealkylation sites (N-methyl/N-ethyl adjacent to an activating group) is 1. The van der Waals surface area contributed by atoms with Gasteiger partial charge in [0.05, 0.1) is 6.54 Å². The van der Waals surface area contributed by atoms with Crippen LogP contribution < -0.4 is 5.32 Å². The summed E-state index contributed by atoms with van der Waals surface area (Å²) in [6.07, 6.45) is 5.70. The molecule has 0 aliphatic carbocycles. The topological polar surface area (TPSA) is 60.0 Å². The van der Waals surface area contributed by atoms with Gasteiger partial charge in [-0.2, -0.15) is 0 Å². The predicted octanol–water partition coefficient (Wildman–Crippen LogP) is 5.21. The second kappa shape index (κ2) is 14.1. The first-order chi connectivity index (χ1) is 15.3. The second-order valence-electron chi connectivity index (χ2n) is 8.59. The van der Waals surface area contributed by atoms with E-state index in [1.165, 1.54) is 12.8 Å². The molecule has 0 bridgehead atoms. The van der Waals surface area contributed by atoms with Crippen molar-refractivity contribution in [2.45, 2.75) is 78.0 Å². The van der Waals surface area contributed by atoms with Gasteiger partial charge >= 0.3 is 8.56 Å². The number of carbonyl (C=O) groups is 1. The van der Waals surface area contributed by atoms with Gasteiger partial charge in [0.15, 0.2) is 0 Å². The summed E-state index contributed by atoms with van der Waals surface area (Å²) >= 11 is 0. The van der Waals surface area contributed by atoms with Gasteiger partial charge < -0.3 is 18.9 Å². The summed E-state index contributed by atoms with van der Waals surface area (Å²) < 4.78 is 17.4. The Bertz CT molecular complexity index is 668. The number of aryl methyl sites for hydroxylation is 2. The largest absolute Gasteiger partial charge is 0.396 e. The quantitative estimate of drug-likeness (QED) is 0.480. The predicted molar refractivity (Wildman–Crippen MR) is 135 cm³/mol. The Labute approximate surface area is 197 Å². The Morgan fingerprint density at radius 1 is 1.06 bits per heavy atom. The van der Waals surface area contributed by atoms with Gasteiger partial charge in [-0.3, -0.25) is 9.69 Å². The summed E-state index contributed by atoms with van der Waals surface area (Å²) in [7, 11) is 3.22. The number of anilines is 1. The summed E-state index contributed by atoms with van der Waals surface area (Å²) in [5.41, 5.74) is 3.17. The van der Waals surface area contributed by atoms with E-state index >= 15 is 0 Å². The standard InChI is InChI=1S/C14H22N2O.C11H24O3Si/c1-5-16(6-2)10-13(17)15-14-11(3)8-7-9-12(14)4;1-5-8-11(12-2)9-6-7-10-15(11,13-3)14-4/h7-9H,5-6,10H2,1-4H3,(H,15,17);5-10H2,1-4H3.